The van der Waals surface area contributed by atoms with Crippen molar-refractivity contribution in [3.63, 3.8) is 0 Å². The Morgan fingerprint density at radius 2 is 1.92 bits per heavy atom. The quantitative estimate of drug-likeness (QED) is 0.548. The molecule has 1 N–H and O–H groups in total. The normalized spacial score (nSPS) is 11.0. The topological polar surface area (TPSA) is 64.0 Å². The average molecular weight is 402 g/mol. The van der Waals surface area contributed by atoms with Crippen molar-refractivity contribution in [1.29, 1.82) is 0 Å². The Labute approximate surface area is 161 Å². The third kappa shape index (κ3) is 2.94. The summed E-state index contributed by atoms with van der Waals surface area (Å²) >= 11 is 8.48. The first-order valence-electron chi connectivity index (χ1n) is 7.67. The fraction of sp³-hybridized carbons (Fsp3) is 0.0556. The largest absolute Gasteiger partial charge is 0.281 e. The molecule has 8 heteroatoms. The smallest absolute Gasteiger partial charge is 0.267 e. The number of carbonyl (C=O) groups is 1. The second-order valence-corrected chi connectivity index (χ2v) is 8.46. The van der Waals surface area contributed by atoms with E-state index in [1.165, 1.54) is 17.7 Å². The van der Waals surface area contributed by atoms with Crippen molar-refractivity contribution in [2.45, 2.75) is 6.92 Å². The first-order chi connectivity index (χ1) is 12.5. The molecule has 4 rings (SSSR count). The minimum Gasteiger partial charge on any atom is -0.267 e. The number of aryl methyl sites for hydroxylation is 1. The van der Waals surface area contributed by atoms with Crippen molar-refractivity contribution in [2.24, 2.45) is 0 Å². The standard InChI is InChI=1S/C18H12ClN3O2S2/c1-10-14(11-5-3-2-4-6-11)15-17(25-10)20-9-22(18(15)24)21-16(23)12-7-8-13(19)26-12/h2-9H,1H3,(H,21,23). The van der Waals surface area contributed by atoms with Crippen molar-refractivity contribution in [3.8, 4) is 11.1 Å². The molecule has 0 saturated heterocycles. The summed E-state index contributed by atoms with van der Waals surface area (Å²) in [5.41, 5.74) is 4.07. The summed E-state index contributed by atoms with van der Waals surface area (Å²) in [5, 5.41) is 0.505. The van der Waals surface area contributed by atoms with Gasteiger partial charge >= 0.3 is 0 Å². The maximum atomic E-state index is 13.0. The Morgan fingerprint density at radius 1 is 1.15 bits per heavy atom. The van der Waals surface area contributed by atoms with Gasteiger partial charge in [0.2, 0.25) is 0 Å². The van der Waals surface area contributed by atoms with Crippen LogP contribution in [0, 0.1) is 6.92 Å². The molecule has 0 spiro atoms. The van der Waals surface area contributed by atoms with Crippen LogP contribution in [-0.2, 0) is 0 Å². The number of rotatable bonds is 3. The van der Waals surface area contributed by atoms with Crippen molar-refractivity contribution in [2.75, 3.05) is 5.43 Å². The molecule has 0 aliphatic heterocycles. The van der Waals surface area contributed by atoms with Gasteiger partial charge < -0.3 is 0 Å². The average Bonchev–Trinajstić information content (AvgIpc) is 3.21. The molecule has 1 aromatic carbocycles. The first-order valence-corrected chi connectivity index (χ1v) is 9.68. The van der Waals surface area contributed by atoms with Crippen LogP contribution in [0.5, 0.6) is 0 Å². The second kappa shape index (κ2) is 6.68. The van der Waals surface area contributed by atoms with Crippen LogP contribution in [0.4, 0.5) is 0 Å². The van der Waals surface area contributed by atoms with E-state index >= 15 is 0 Å². The molecule has 26 heavy (non-hydrogen) atoms. The summed E-state index contributed by atoms with van der Waals surface area (Å²) in [6, 6.07) is 12.9. The molecule has 0 saturated carbocycles. The van der Waals surface area contributed by atoms with E-state index in [4.69, 9.17) is 11.6 Å². The van der Waals surface area contributed by atoms with E-state index in [0.29, 0.717) is 19.4 Å². The summed E-state index contributed by atoms with van der Waals surface area (Å²) in [4.78, 5) is 31.8. The number of benzene rings is 1. The van der Waals surface area contributed by atoms with Gasteiger partial charge in [-0.05, 0) is 24.6 Å². The lowest BCUT2D eigenvalue weighted by Crippen LogP contribution is -2.32. The Kier molecular flexibility index (Phi) is 4.36. The molecule has 0 radical (unpaired) electrons. The van der Waals surface area contributed by atoms with Gasteiger partial charge in [-0.15, -0.1) is 22.7 Å². The molecule has 5 nitrogen and oxygen atoms in total. The van der Waals surface area contributed by atoms with E-state index in [2.05, 4.69) is 10.4 Å². The van der Waals surface area contributed by atoms with Crippen LogP contribution in [0.2, 0.25) is 4.34 Å². The number of amides is 1. The molecule has 0 unspecified atom stereocenters. The molecular formula is C18H12ClN3O2S2. The maximum absolute atomic E-state index is 13.0. The van der Waals surface area contributed by atoms with Crippen molar-refractivity contribution in [3.05, 3.63) is 73.2 Å². The summed E-state index contributed by atoms with van der Waals surface area (Å²) in [7, 11) is 0. The molecule has 1 amide bonds. The molecule has 130 valence electrons. The minimum atomic E-state index is -0.404. The zero-order chi connectivity index (χ0) is 18.3. The van der Waals surface area contributed by atoms with Crippen LogP contribution >= 0.6 is 34.3 Å². The van der Waals surface area contributed by atoms with Gasteiger partial charge in [-0.25, -0.2) is 9.66 Å². The highest BCUT2D eigenvalue weighted by molar-refractivity contribution is 7.19. The van der Waals surface area contributed by atoms with Gasteiger partial charge in [0.25, 0.3) is 11.5 Å². The fourth-order valence-corrected chi connectivity index (χ4v) is 4.67. The van der Waals surface area contributed by atoms with Gasteiger partial charge in [0, 0.05) is 10.4 Å². The molecule has 0 aliphatic carbocycles. The van der Waals surface area contributed by atoms with E-state index in [1.807, 2.05) is 37.3 Å². The van der Waals surface area contributed by atoms with Crippen LogP contribution in [0.15, 0.2) is 53.6 Å². The van der Waals surface area contributed by atoms with E-state index in [1.54, 1.807) is 12.1 Å². The molecule has 0 aliphatic rings. The van der Waals surface area contributed by atoms with E-state index < -0.39 is 5.91 Å². The monoisotopic (exact) mass is 401 g/mol. The molecular weight excluding hydrogens is 390 g/mol. The first kappa shape index (κ1) is 17.0. The molecule has 0 bridgehead atoms. The number of halogens is 1. The molecule has 0 atom stereocenters. The zero-order valence-corrected chi connectivity index (χ0v) is 15.9. The SMILES string of the molecule is Cc1sc2ncn(NC(=O)c3ccc(Cl)s3)c(=O)c2c1-c1ccccc1. The van der Waals surface area contributed by atoms with Gasteiger partial charge in [0.15, 0.2) is 0 Å². The molecule has 3 heterocycles. The van der Waals surface area contributed by atoms with Crippen LogP contribution in [0.3, 0.4) is 0 Å². The Hall–Kier alpha value is -2.48. The van der Waals surface area contributed by atoms with E-state index in [9.17, 15) is 9.59 Å². The lowest BCUT2D eigenvalue weighted by atomic mass is 10.0. The van der Waals surface area contributed by atoms with Crippen molar-refractivity contribution >= 4 is 50.4 Å². The number of hydrogen-bond acceptors (Lipinski definition) is 5. The van der Waals surface area contributed by atoms with Crippen LogP contribution in [0.25, 0.3) is 21.3 Å². The van der Waals surface area contributed by atoms with Gasteiger partial charge in [0.05, 0.1) is 14.6 Å². The molecule has 3 aromatic heterocycles. The minimum absolute atomic E-state index is 0.311. The number of fused-ring (bicyclic) bond motifs is 1. The lowest BCUT2D eigenvalue weighted by Gasteiger charge is -2.07. The highest BCUT2D eigenvalue weighted by atomic mass is 35.5. The number of nitrogens with one attached hydrogen (secondary N) is 1. The zero-order valence-electron chi connectivity index (χ0n) is 13.5. The Bertz CT molecular complexity index is 1180. The lowest BCUT2D eigenvalue weighted by molar-refractivity contribution is 0.101. The fourth-order valence-electron chi connectivity index (χ4n) is 2.74. The van der Waals surface area contributed by atoms with Gasteiger partial charge in [-0.2, -0.15) is 0 Å². The summed E-state index contributed by atoms with van der Waals surface area (Å²) < 4.78 is 1.63. The number of aromatic nitrogens is 2. The van der Waals surface area contributed by atoms with Crippen molar-refractivity contribution in [1.82, 2.24) is 9.66 Å². The summed E-state index contributed by atoms with van der Waals surface area (Å²) in [6.45, 7) is 1.96. The summed E-state index contributed by atoms with van der Waals surface area (Å²) in [6.07, 6.45) is 1.34. The van der Waals surface area contributed by atoms with Gasteiger partial charge in [0.1, 0.15) is 11.2 Å². The Balaban J connectivity index is 1.82. The van der Waals surface area contributed by atoms with Crippen LogP contribution < -0.4 is 11.0 Å². The predicted octanol–water partition coefficient (Wildman–Crippen LogP) is 4.53. The maximum Gasteiger partial charge on any atom is 0.281 e. The second-order valence-electron chi connectivity index (χ2n) is 5.54. The van der Waals surface area contributed by atoms with Crippen molar-refractivity contribution < 1.29 is 4.79 Å². The third-order valence-electron chi connectivity index (χ3n) is 3.87. The van der Waals surface area contributed by atoms with E-state index in [-0.39, 0.29) is 5.56 Å². The Morgan fingerprint density at radius 3 is 2.62 bits per heavy atom. The summed E-state index contributed by atoms with van der Waals surface area (Å²) in [5.74, 6) is -0.404. The number of thiophene rings is 2. The number of nitrogens with zero attached hydrogens (tertiary/aromatic N) is 2. The molecule has 4 aromatic rings. The molecule has 0 fully saturated rings. The van der Waals surface area contributed by atoms with Crippen LogP contribution in [-0.4, -0.2) is 15.6 Å². The van der Waals surface area contributed by atoms with E-state index in [0.717, 1.165) is 32.0 Å². The van der Waals surface area contributed by atoms with Crippen LogP contribution in [0.1, 0.15) is 14.5 Å². The number of hydrogen-bond donors (Lipinski definition) is 1. The van der Waals surface area contributed by atoms with Gasteiger partial charge in [-0.1, -0.05) is 41.9 Å². The third-order valence-corrected chi connectivity index (χ3v) is 6.11. The highest BCUT2D eigenvalue weighted by Crippen LogP contribution is 2.35. The predicted molar refractivity (Wildman–Crippen MR) is 107 cm³/mol. The number of carbonyl (C=O) groups excluding carboxylic acids is 1. The van der Waals surface area contributed by atoms with Gasteiger partial charge in [-0.3, -0.25) is 15.0 Å². The highest BCUT2D eigenvalue weighted by Gasteiger charge is 2.18.